The fourth-order valence-electron chi connectivity index (χ4n) is 5.81. The highest BCUT2D eigenvalue weighted by molar-refractivity contribution is 6.16. The molecule has 8 rings (SSSR count). The number of hydrogen-bond donors (Lipinski definition) is 0. The Morgan fingerprint density at radius 1 is 0.357 bits per heavy atom. The van der Waals surface area contributed by atoms with Gasteiger partial charge in [0.15, 0.2) is 5.82 Å². The summed E-state index contributed by atoms with van der Waals surface area (Å²) in [6.45, 7) is 0. The lowest BCUT2D eigenvalue weighted by atomic mass is 9.93. The number of aromatic nitrogens is 3. The highest BCUT2D eigenvalue weighted by atomic mass is 14.9. The molecule has 0 atom stereocenters. The van der Waals surface area contributed by atoms with Crippen molar-refractivity contribution in [1.82, 2.24) is 15.0 Å². The van der Waals surface area contributed by atoms with Crippen LogP contribution in [0.4, 0.5) is 0 Å². The van der Waals surface area contributed by atoms with Crippen LogP contribution < -0.4 is 0 Å². The van der Waals surface area contributed by atoms with Crippen LogP contribution in [0, 0.1) is 0 Å². The Morgan fingerprint density at radius 2 is 0.929 bits per heavy atom. The van der Waals surface area contributed by atoms with E-state index in [1.807, 2.05) is 36.4 Å². The Morgan fingerprint density at radius 3 is 1.67 bits per heavy atom. The van der Waals surface area contributed by atoms with Crippen molar-refractivity contribution in [2.45, 2.75) is 0 Å². The van der Waals surface area contributed by atoms with E-state index in [2.05, 4.69) is 115 Å². The first-order valence-corrected chi connectivity index (χ1v) is 14.1. The quantitative estimate of drug-likeness (QED) is 0.166. The fraction of sp³-hybridized carbons (Fsp3) is 0. The van der Waals surface area contributed by atoms with E-state index in [1.54, 1.807) is 0 Å². The molecule has 3 nitrogen and oxygen atoms in total. The summed E-state index contributed by atoms with van der Waals surface area (Å²) in [6.07, 6.45) is 0. The molecule has 0 aliphatic heterocycles. The maximum Gasteiger partial charge on any atom is 0.160 e. The van der Waals surface area contributed by atoms with E-state index < -0.39 is 0 Å². The van der Waals surface area contributed by atoms with Gasteiger partial charge in [0, 0.05) is 38.4 Å². The second kappa shape index (κ2) is 10.1. The summed E-state index contributed by atoms with van der Waals surface area (Å²) in [5.74, 6) is 0.717. The molecule has 0 fully saturated rings. The first-order valence-electron chi connectivity index (χ1n) is 14.1. The molecule has 3 heteroatoms. The molecule has 196 valence electrons. The van der Waals surface area contributed by atoms with E-state index in [4.69, 9.17) is 15.0 Å². The topological polar surface area (TPSA) is 38.7 Å². The zero-order valence-electron chi connectivity index (χ0n) is 22.8. The van der Waals surface area contributed by atoms with Crippen molar-refractivity contribution in [1.29, 1.82) is 0 Å². The number of nitrogens with zero attached hydrogens (tertiary/aromatic N) is 3. The van der Waals surface area contributed by atoms with Gasteiger partial charge in [0.2, 0.25) is 0 Å². The molecule has 0 aliphatic rings. The molecule has 0 saturated carbocycles. The summed E-state index contributed by atoms with van der Waals surface area (Å²) in [6, 6.07) is 52.6. The highest BCUT2D eigenvalue weighted by Crippen LogP contribution is 2.38. The normalized spacial score (nSPS) is 11.3. The van der Waals surface area contributed by atoms with Crippen LogP contribution in [-0.2, 0) is 0 Å². The van der Waals surface area contributed by atoms with Crippen molar-refractivity contribution < 1.29 is 0 Å². The fourth-order valence-corrected chi connectivity index (χ4v) is 5.81. The Balaban J connectivity index is 1.30. The molecule has 0 N–H and O–H groups in total. The Hall–Kier alpha value is -5.67. The third-order valence-corrected chi connectivity index (χ3v) is 7.87. The maximum absolute atomic E-state index is 5.12. The largest absolute Gasteiger partial charge is 0.247 e. The van der Waals surface area contributed by atoms with E-state index in [0.29, 0.717) is 5.82 Å². The van der Waals surface area contributed by atoms with Crippen LogP contribution in [0.3, 0.4) is 0 Å². The van der Waals surface area contributed by atoms with Crippen LogP contribution in [0.2, 0.25) is 0 Å². The van der Waals surface area contributed by atoms with Crippen LogP contribution in [0.1, 0.15) is 0 Å². The van der Waals surface area contributed by atoms with E-state index in [0.717, 1.165) is 55.4 Å². The summed E-state index contributed by atoms with van der Waals surface area (Å²) >= 11 is 0. The van der Waals surface area contributed by atoms with Gasteiger partial charge in [-0.15, -0.1) is 0 Å². The van der Waals surface area contributed by atoms with Gasteiger partial charge in [-0.3, -0.25) is 0 Å². The monoisotopic (exact) mass is 535 g/mol. The van der Waals surface area contributed by atoms with Gasteiger partial charge in [-0.2, -0.15) is 0 Å². The van der Waals surface area contributed by atoms with Gasteiger partial charge in [0.05, 0.1) is 22.4 Å². The predicted molar refractivity (Wildman–Crippen MR) is 174 cm³/mol. The number of pyridine rings is 1. The minimum atomic E-state index is 0.717. The molecule has 0 radical (unpaired) electrons. The standard InChI is InChI=1S/C39H25N3/c1-3-12-27(13-4-1)35-25-36(42-39(41-35)30-14-5-2-6-15-30)28-19-21-29(22-20-28)37-32-17-9-10-18-34(32)40-38-31-16-8-7-11-26(31)23-24-33(37)38/h1-25H. The molecule has 0 bridgehead atoms. The SMILES string of the molecule is c1ccc(-c2cc(-c3ccc(-c4c5ccccc5nc5c4ccc4ccccc45)cc3)nc(-c3ccccc3)n2)cc1. The van der Waals surface area contributed by atoms with Crippen molar-refractivity contribution in [3.8, 4) is 45.0 Å². The van der Waals surface area contributed by atoms with Gasteiger partial charge in [0.25, 0.3) is 0 Å². The molecular formula is C39H25N3. The molecule has 0 spiro atoms. The summed E-state index contributed by atoms with van der Waals surface area (Å²) in [5, 5.41) is 4.66. The number of rotatable bonds is 4. The predicted octanol–water partition coefficient (Wildman–Crippen LogP) is 10.00. The van der Waals surface area contributed by atoms with Gasteiger partial charge < -0.3 is 0 Å². The Bertz CT molecular complexity index is 2160. The molecule has 2 heterocycles. The molecule has 0 aliphatic carbocycles. The summed E-state index contributed by atoms with van der Waals surface area (Å²) < 4.78 is 0. The Kier molecular flexibility index (Phi) is 5.79. The zero-order valence-corrected chi connectivity index (χ0v) is 22.8. The smallest absolute Gasteiger partial charge is 0.160 e. The third-order valence-electron chi connectivity index (χ3n) is 7.87. The van der Waals surface area contributed by atoms with Crippen LogP contribution in [0.15, 0.2) is 152 Å². The van der Waals surface area contributed by atoms with Crippen LogP contribution in [0.5, 0.6) is 0 Å². The lowest BCUT2D eigenvalue weighted by Crippen LogP contribution is -1.96. The van der Waals surface area contributed by atoms with Crippen LogP contribution >= 0.6 is 0 Å². The molecule has 0 unspecified atom stereocenters. The second-order valence-electron chi connectivity index (χ2n) is 10.5. The molecular weight excluding hydrogens is 510 g/mol. The first kappa shape index (κ1) is 24.2. The lowest BCUT2D eigenvalue weighted by Gasteiger charge is -2.14. The number of hydrogen-bond acceptors (Lipinski definition) is 3. The average Bonchev–Trinajstić information content (AvgIpc) is 3.08. The maximum atomic E-state index is 5.12. The van der Waals surface area contributed by atoms with E-state index >= 15 is 0 Å². The molecule has 0 saturated heterocycles. The summed E-state index contributed by atoms with van der Waals surface area (Å²) in [7, 11) is 0. The third kappa shape index (κ3) is 4.20. The van der Waals surface area contributed by atoms with E-state index in [1.165, 1.54) is 16.3 Å². The van der Waals surface area contributed by atoms with Crippen molar-refractivity contribution >= 4 is 32.6 Å². The average molecular weight is 536 g/mol. The van der Waals surface area contributed by atoms with Crippen molar-refractivity contribution in [2.75, 3.05) is 0 Å². The molecule has 42 heavy (non-hydrogen) atoms. The van der Waals surface area contributed by atoms with Gasteiger partial charge in [-0.05, 0) is 23.1 Å². The highest BCUT2D eigenvalue weighted by Gasteiger charge is 2.15. The summed E-state index contributed by atoms with van der Waals surface area (Å²) in [5.41, 5.74) is 9.28. The molecule has 0 amide bonds. The minimum Gasteiger partial charge on any atom is -0.247 e. The lowest BCUT2D eigenvalue weighted by molar-refractivity contribution is 1.18. The van der Waals surface area contributed by atoms with Crippen molar-refractivity contribution in [3.05, 3.63) is 152 Å². The first-order chi connectivity index (χ1) is 20.8. The van der Waals surface area contributed by atoms with Gasteiger partial charge in [-0.1, -0.05) is 140 Å². The van der Waals surface area contributed by atoms with Gasteiger partial charge in [0.1, 0.15) is 0 Å². The number of benzene rings is 6. The molecule has 2 aromatic heterocycles. The molecule has 6 aromatic carbocycles. The van der Waals surface area contributed by atoms with Crippen molar-refractivity contribution in [2.24, 2.45) is 0 Å². The number of fused-ring (bicyclic) bond motifs is 4. The zero-order chi connectivity index (χ0) is 27.9. The van der Waals surface area contributed by atoms with Gasteiger partial charge in [-0.25, -0.2) is 15.0 Å². The van der Waals surface area contributed by atoms with Crippen LogP contribution in [-0.4, -0.2) is 15.0 Å². The van der Waals surface area contributed by atoms with Crippen LogP contribution in [0.25, 0.3) is 77.6 Å². The molecule has 8 aromatic rings. The van der Waals surface area contributed by atoms with E-state index in [9.17, 15) is 0 Å². The van der Waals surface area contributed by atoms with E-state index in [-0.39, 0.29) is 0 Å². The van der Waals surface area contributed by atoms with Crippen molar-refractivity contribution in [3.63, 3.8) is 0 Å². The minimum absolute atomic E-state index is 0.717. The summed E-state index contributed by atoms with van der Waals surface area (Å²) in [4.78, 5) is 15.1. The second-order valence-corrected chi connectivity index (χ2v) is 10.5. The Labute approximate surface area is 243 Å². The number of para-hydroxylation sites is 1. The van der Waals surface area contributed by atoms with Gasteiger partial charge >= 0.3 is 0 Å².